The number of alkyl halides is 1. The maximum Gasteiger partial charge on any atom is 0.0920 e. The third kappa shape index (κ3) is 4.43. The van der Waals surface area contributed by atoms with Crippen molar-refractivity contribution in [2.24, 2.45) is 11.8 Å². The molecule has 0 amide bonds. The molecular formula is C8H17F. The van der Waals surface area contributed by atoms with Gasteiger partial charge in [0.15, 0.2) is 0 Å². The largest absolute Gasteiger partial charge is 0.251 e. The van der Waals surface area contributed by atoms with Crippen molar-refractivity contribution in [1.29, 1.82) is 0 Å². The van der Waals surface area contributed by atoms with Crippen LogP contribution < -0.4 is 0 Å². The first-order valence-corrected chi connectivity index (χ1v) is 3.76. The van der Waals surface area contributed by atoms with Gasteiger partial charge in [0.1, 0.15) is 0 Å². The molecule has 0 saturated carbocycles. The average Bonchev–Trinajstić information content (AvgIpc) is 1.87. The van der Waals surface area contributed by atoms with E-state index in [4.69, 9.17) is 0 Å². The van der Waals surface area contributed by atoms with Gasteiger partial charge in [0.2, 0.25) is 0 Å². The fourth-order valence-corrected chi connectivity index (χ4v) is 0.917. The van der Waals surface area contributed by atoms with Crippen molar-refractivity contribution in [3.63, 3.8) is 0 Å². The van der Waals surface area contributed by atoms with Gasteiger partial charge in [-0.1, -0.05) is 27.2 Å². The Labute approximate surface area is 57.5 Å². The zero-order chi connectivity index (χ0) is 7.28. The van der Waals surface area contributed by atoms with Gasteiger partial charge in [0.25, 0.3) is 0 Å². The highest BCUT2D eigenvalue weighted by Gasteiger charge is 2.05. The highest BCUT2D eigenvalue weighted by molar-refractivity contribution is 4.56. The van der Waals surface area contributed by atoms with E-state index in [0.717, 1.165) is 6.42 Å². The van der Waals surface area contributed by atoms with E-state index in [1.807, 2.05) is 6.92 Å². The summed E-state index contributed by atoms with van der Waals surface area (Å²) in [5.74, 6) is 0.954. The minimum Gasteiger partial charge on any atom is -0.251 e. The summed E-state index contributed by atoms with van der Waals surface area (Å²) in [5.41, 5.74) is 0. The first-order valence-electron chi connectivity index (χ1n) is 3.76. The lowest BCUT2D eigenvalue weighted by Crippen LogP contribution is -2.03. The molecule has 0 rings (SSSR count). The van der Waals surface area contributed by atoms with Crippen LogP contribution in [0.15, 0.2) is 0 Å². The summed E-state index contributed by atoms with van der Waals surface area (Å²) < 4.78 is 11.9. The van der Waals surface area contributed by atoms with Crippen LogP contribution in [0.2, 0.25) is 0 Å². The van der Waals surface area contributed by atoms with Gasteiger partial charge in [-0.15, -0.1) is 0 Å². The molecule has 0 N–H and O–H groups in total. The molecule has 0 aliphatic rings. The minimum atomic E-state index is -0.162. The molecule has 0 aliphatic carbocycles. The van der Waals surface area contributed by atoms with Crippen molar-refractivity contribution in [3.05, 3.63) is 0 Å². The monoisotopic (exact) mass is 132 g/mol. The zero-order valence-electron chi connectivity index (χ0n) is 6.65. The highest BCUT2D eigenvalue weighted by Crippen LogP contribution is 2.14. The molecule has 0 aromatic heterocycles. The Hall–Kier alpha value is -0.0700. The van der Waals surface area contributed by atoms with E-state index >= 15 is 0 Å². The molecule has 2 atom stereocenters. The third-order valence-corrected chi connectivity index (χ3v) is 1.77. The van der Waals surface area contributed by atoms with E-state index in [-0.39, 0.29) is 12.6 Å². The van der Waals surface area contributed by atoms with Crippen LogP contribution in [0.25, 0.3) is 0 Å². The van der Waals surface area contributed by atoms with Crippen LogP contribution in [0.3, 0.4) is 0 Å². The summed E-state index contributed by atoms with van der Waals surface area (Å²) >= 11 is 0. The molecule has 0 aliphatic heterocycles. The molecule has 9 heavy (non-hydrogen) atoms. The quantitative estimate of drug-likeness (QED) is 0.551. The molecule has 0 aromatic carbocycles. The van der Waals surface area contributed by atoms with Crippen molar-refractivity contribution in [2.45, 2.75) is 33.6 Å². The normalized spacial score (nSPS) is 17.3. The molecule has 56 valence electrons. The smallest absolute Gasteiger partial charge is 0.0920 e. The molecular weight excluding hydrogens is 115 g/mol. The molecule has 1 heteroatoms. The van der Waals surface area contributed by atoms with Crippen LogP contribution in [0.4, 0.5) is 4.39 Å². The van der Waals surface area contributed by atoms with Crippen LogP contribution >= 0.6 is 0 Å². The predicted molar refractivity (Wildman–Crippen MR) is 39.2 cm³/mol. The molecule has 0 fully saturated rings. The van der Waals surface area contributed by atoms with Crippen LogP contribution in [0, 0.1) is 11.8 Å². The Balaban J connectivity index is 3.22. The van der Waals surface area contributed by atoms with Crippen LogP contribution in [0.1, 0.15) is 33.6 Å². The fourth-order valence-electron chi connectivity index (χ4n) is 0.917. The SMILES string of the molecule is CCC(C)CC(C)CF. The van der Waals surface area contributed by atoms with E-state index < -0.39 is 0 Å². The minimum absolute atomic E-state index is 0.162. The van der Waals surface area contributed by atoms with Gasteiger partial charge >= 0.3 is 0 Å². The second-order valence-electron chi connectivity index (χ2n) is 3.01. The summed E-state index contributed by atoms with van der Waals surface area (Å²) in [6.45, 7) is 6.12. The van der Waals surface area contributed by atoms with E-state index in [2.05, 4.69) is 13.8 Å². The Morgan fingerprint density at radius 1 is 1.22 bits per heavy atom. The maximum atomic E-state index is 11.9. The van der Waals surface area contributed by atoms with Gasteiger partial charge in [-0.2, -0.15) is 0 Å². The molecule has 0 spiro atoms. The molecule has 0 heterocycles. The van der Waals surface area contributed by atoms with Gasteiger partial charge in [-0.25, -0.2) is 0 Å². The van der Waals surface area contributed by atoms with Crippen LogP contribution in [-0.2, 0) is 0 Å². The van der Waals surface area contributed by atoms with Crippen molar-refractivity contribution >= 4 is 0 Å². The van der Waals surface area contributed by atoms with Crippen molar-refractivity contribution < 1.29 is 4.39 Å². The lowest BCUT2D eigenvalue weighted by Gasteiger charge is -2.11. The van der Waals surface area contributed by atoms with Gasteiger partial charge in [0.05, 0.1) is 6.67 Å². The van der Waals surface area contributed by atoms with E-state index in [9.17, 15) is 4.39 Å². The molecule has 0 bridgehead atoms. The second kappa shape index (κ2) is 4.78. The van der Waals surface area contributed by atoms with Crippen LogP contribution in [0.5, 0.6) is 0 Å². The first-order chi connectivity index (χ1) is 4.20. The lowest BCUT2D eigenvalue weighted by atomic mass is 9.96. The first kappa shape index (κ1) is 8.93. The Bertz CT molecular complexity index is 53.6. The predicted octanol–water partition coefficient (Wildman–Crippen LogP) is 3.03. The van der Waals surface area contributed by atoms with Gasteiger partial charge < -0.3 is 0 Å². The summed E-state index contributed by atoms with van der Waals surface area (Å²) in [6, 6.07) is 0. The third-order valence-electron chi connectivity index (χ3n) is 1.77. The van der Waals surface area contributed by atoms with E-state index in [0.29, 0.717) is 5.92 Å². The number of halogens is 1. The highest BCUT2D eigenvalue weighted by atomic mass is 19.1. The van der Waals surface area contributed by atoms with Crippen molar-refractivity contribution in [2.75, 3.05) is 6.67 Å². The topological polar surface area (TPSA) is 0 Å². The summed E-state index contributed by atoms with van der Waals surface area (Å²) in [5, 5.41) is 0. The molecule has 0 aromatic rings. The average molecular weight is 132 g/mol. The van der Waals surface area contributed by atoms with E-state index in [1.54, 1.807) is 0 Å². The second-order valence-corrected chi connectivity index (χ2v) is 3.01. The molecule has 0 saturated heterocycles. The molecule has 0 radical (unpaired) electrons. The molecule has 2 unspecified atom stereocenters. The van der Waals surface area contributed by atoms with Gasteiger partial charge in [-0.3, -0.25) is 4.39 Å². The van der Waals surface area contributed by atoms with E-state index in [1.165, 1.54) is 6.42 Å². The number of hydrogen-bond acceptors (Lipinski definition) is 0. The van der Waals surface area contributed by atoms with Crippen molar-refractivity contribution in [3.8, 4) is 0 Å². The number of hydrogen-bond donors (Lipinski definition) is 0. The van der Waals surface area contributed by atoms with Gasteiger partial charge in [-0.05, 0) is 18.3 Å². The zero-order valence-corrected chi connectivity index (χ0v) is 6.65. The van der Waals surface area contributed by atoms with Crippen LogP contribution in [-0.4, -0.2) is 6.67 Å². The summed E-state index contributed by atoms with van der Waals surface area (Å²) in [6.07, 6.45) is 2.21. The summed E-state index contributed by atoms with van der Waals surface area (Å²) in [7, 11) is 0. The maximum absolute atomic E-state index is 11.9. The summed E-state index contributed by atoms with van der Waals surface area (Å²) in [4.78, 5) is 0. The molecule has 0 nitrogen and oxygen atoms in total. The fraction of sp³-hybridized carbons (Fsp3) is 1.00. The lowest BCUT2D eigenvalue weighted by molar-refractivity contribution is 0.320. The standard InChI is InChI=1S/C8H17F/c1-4-7(2)5-8(3)6-9/h7-8H,4-6H2,1-3H3. The van der Waals surface area contributed by atoms with Gasteiger partial charge in [0, 0.05) is 0 Å². The Morgan fingerprint density at radius 2 is 1.78 bits per heavy atom. The Morgan fingerprint density at radius 3 is 2.11 bits per heavy atom. The van der Waals surface area contributed by atoms with Crippen molar-refractivity contribution in [1.82, 2.24) is 0 Å². The number of rotatable bonds is 4. The Kier molecular flexibility index (Phi) is 4.74.